The summed E-state index contributed by atoms with van der Waals surface area (Å²) >= 11 is 0. The Morgan fingerprint density at radius 2 is 1.70 bits per heavy atom. The zero-order valence-electron chi connectivity index (χ0n) is 16.1. The maximum atomic E-state index is 12.6. The number of rotatable bonds is 5. The summed E-state index contributed by atoms with van der Waals surface area (Å²) in [5.41, 5.74) is 6.74. The van der Waals surface area contributed by atoms with Crippen LogP contribution in [0.2, 0.25) is 0 Å². The van der Waals surface area contributed by atoms with Gasteiger partial charge in [-0.3, -0.25) is 4.79 Å². The third-order valence-electron chi connectivity index (χ3n) is 4.34. The lowest BCUT2D eigenvalue weighted by atomic mass is 10.1. The summed E-state index contributed by atoms with van der Waals surface area (Å²) in [6.07, 6.45) is 1.59. The largest absolute Gasteiger partial charge is 0.350 e. The molecule has 0 aliphatic rings. The Kier molecular flexibility index (Phi) is 5.50. The highest BCUT2D eigenvalue weighted by atomic mass is 16.1. The van der Waals surface area contributed by atoms with Crippen LogP contribution in [-0.4, -0.2) is 15.9 Å². The number of aryl methyl sites for hydroxylation is 4. The Labute approximate surface area is 159 Å². The standard InChI is InChI=1S/C22H24N4O/c1-14-6-5-7-18(12-14)13-24-22-23-9-8-19(25-22)21(27)26-20-16(3)10-15(2)11-17(20)4/h5-12H,13H2,1-4H3,(H,26,27)(H,23,24,25). The van der Waals surface area contributed by atoms with Crippen molar-refractivity contribution in [3.05, 3.63) is 82.2 Å². The lowest BCUT2D eigenvalue weighted by molar-refractivity contribution is 0.102. The molecule has 5 heteroatoms. The molecule has 0 atom stereocenters. The molecule has 2 aromatic carbocycles. The third kappa shape index (κ3) is 4.70. The van der Waals surface area contributed by atoms with Gasteiger partial charge < -0.3 is 10.6 Å². The van der Waals surface area contributed by atoms with E-state index in [0.29, 0.717) is 18.2 Å². The Balaban J connectivity index is 1.72. The summed E-state index contributed by atoms with van der Waals surface area (Å²) in [6, 6.07) is 13.9. The first kappa shape index (κ1) is 18.6. The summed E-state index contributed by atoms with van der Waals surface area (Å²) in [5.74, 6) is 0.188. The number of amides is 1. The summed E-state index contributed by atoms with van der Waals surface area (Å²) in [5, 5.41) is 6.15. The Bertz CT molecular complexity index is 959. The number of carbonyl (C=O) groups excluding carboxylic acids is 1. The molecule has 2 N–H and O–H groups in total. The lowest BCUT2D eigenvalue weighted by Crippen LogP contribution is -2.16. The van der Waals surface area contributed by atoms with E-state index in [1.54, 1.807) is 12.3 Å². The van der Waals surface area contributed by atoms with Crippen LogP contribution in [0, 0.1) is 27.7 Å². The SMILES string of the molecule is Cc1cccc(CNc2nccc(C(=O)Nc3c(C)cc(C)cc3C)n2)c1. The molecule has 1 amide bonds. The Morgan fingerprint density at radius 1 is 0.963 bits per heavy atom. The quantitative estimate of drug-likeness (QED) is 0.699. The van der Waals surface area contributed by atoms with E-state index in [-0.39, 0.29) is 5.91 Å². The van der Waals surface area contributed by atoms with Gasteiger partial charge in [0.25, 0.3) is 5.91 Å². The molecule has 0 unspecified atom stereocenters. The first-order chi connectivity index (χ1) is 12.9. The van der Waals surface area contributed by atoms with Crippen LogP contribution in [0.15, 0.2) is 48.7 Å². The van der Waals surface area contributed by atoms with Crippen LogP contribution >= 0.6 is 0 Å². The second kappa shape index (κ2) is 7.99. The minimum atomic E-state index is -0.244. The summed E-state index contributed by atoms with van der Waals surface area (Å²) in [4.78, 5) is 21.2. The molecule has 3 aromatic rings. The third-order valence-corrected chi connectivity index (χ3v) is 4.34. The van der Waals surface area contributed by atoms with Crippen molar-refractivity contribution in [2.24, 2.45) is 0 Å². The van der Waals surface area contributed by atoms with Gasteiger partial charge in [0.2, 0.25) is 5.95 Å². The maximum Gasteiger partial charge on any atom is 0.274 e. The second-order valence-corrected chi connectivity index (χ2v) is 6.84. The molecule has 0 radical (unpaired) electrons. The van der Waals surface area contributed by atoms with Gasteiger partial charge in [0, 0.05) is 18.4 Å². The molecule has 3 rings (SSSR count). The van der Waals surface area contributed by atoms with Crippen molar-refractivity contribution in [1.82, 2.24) is 9.97 Å². The molecule has 0 aliphatic carbocycles. The minimum Gasteiger partial charge on any atom is -0.350 e. The highest BCUT2D eigenvalue weighted by Gasteiger charge is 2.12. The van der Waals surface area contributed by atoms with Crippen molar-refractivity contribution in [3.8, 4) is 0 Å². The van der Waals surface area contributed by atoms with Crippen LogP contribution in [0.1, 0.15) is 38.3 Å². The van der Waals surface area contributed by atoms with E-state index in [1.165, 1.54) is 11.1 Å². The fraction of sp³-hybridized carbons (Fsp3) is 0.227. The average molecular weight is 360 g/mol. The molecule has 0 bridgehead atoms. The number of hydrogen-bond donors (Lipinski definition) is 2. The van der Waals surface area contributed by atoms with Crippen LogP contribution in [0.4, 0.5) is 11.6 Å². The van der Waals surface area contributed by atoms with Gasteiger partial charge in [-0.1, -0.05) is 47.5 Å². The number of aromatic nitrogens is 2. The van der Waals surface area contributed by atoms with E-state index in [4.69, 9.17) is 0 Å². The van der Waals surface area contributed by atoms with Crippen LogP contribution < -0.4 is 10.6 Å². The fourth-order valence-electron chi connectivity index (χ4n) is 3.13. The first-order valence-corrected chi connectivity index (χ1v) is 8.94. The van der Waals surface area contributed by atoms with Crippen molar-refractivity contribution in [3.63, 3.8) is 0 Å². The molecule has 1 aromatic heterocycles. The van der Waals surface area contributed by atoms with Crippen molar-refractivity contribution in [2.45, 2.75) is 34.2 Å². The van der Waals surface area contributed by atoms with Gasteiger partial charge in [0.15, 0.2) is 0 Å². The lowest BCUT2D eigenvalue weighted by Gasteiger charge is -2.13. The highest BCUT2D eigenvalue weighted by Crippen LogP contribution is 2.22. The predicted octanol–water partition coefficient (Wildman–Crippen LogP) is 4.57. The van der Waals surface area contributed by atoms with E-state index in [9.17, 15) is 4.79 Å². The molecule has 0 saturated heterocycles. The van der Waals surface area contributed by atoms with Crippen molar-refractivity contribution in [1.29, 1.82) is 0 Å². The molecular weight excluding hydrogens is 336 g/mol. The fourth-order valence-corrected chi connectivity index (χ4v) is 3.13. The molecule has 27 heavy (non-hydrogen) atoms. The Morgan fingerprint density at radius 3 is 2.41 bits per heavy atom. The minimum absolute atomic E-state index is 0.244. The van der Waals surface area contributed by atoms with E-state index < -0.39 is 0 Å². The number of anilines is 2. The molecule has 0 spiro atoms. The molecule has 5 nitrogen and oxygen atoms in total. The number of carbonyl (C=O) groups is 1. The van der Waals surface area contributed by atoms with E-state index >= 15 is 0 Å². The number of benzene rings is 2. The van der Waals surface area contributed by atoms with Gasteiger partial charge in [-0.25, -0.2) is 9.97 Å². The number of hydrogen-bond acceptors (Lipinski definition) is 4. The van der Waals surface area contributed by atoms with Gasteiger partial charge in [0.1, 0.15) is 5.69 Å². The molecular formula is C22H24N4O. The highest BCUT2D eigenvalue weighted by molar-refractivity contribution is 6.03. The Hall–Kier alpha value is -3.21. The van der Waals surface area contributed by atoms with E-state index in [1.807, 2.05) is 32.9 Å². The molecule has 138 valence electrons. The summed E-state index contributed by atoms with van der Waals surface area (Å²) in [6.45, 7) is 8.68. The van der Waals surface area contributed by atoms with Crippen LogP contribution in [0.5, 0.6) is 0 Å². The van der Waals surface area contributed by atoms with Gasteiger partial charge in [-0.2, -0.15) is 0 Å². The molecule has 0 saturated carbocycles. The summed E-state index contributed by atoms with van der Waals surface area (Å²) in [7, 11) is 0. The van der Waals surface area contributed by atoms with Crippen LogP contribution in [0.3, 0.4) is 0 Å². The monoisotopic (exact) mass is 360 g/mol. The first-order valence-electron chi connectivity index (χ1n) is 8.94. The topological polar surface area (TPSA) is 66.9 Å². The van der Waals surface area contributed by atoms with Crippen molar-refractivity contribution in [2.75, 3.05) is 10.6 Å². The molecule has 0 fully saturated rings. The van der Waals surface area contributed by atoms with Gasteiger partial charge in [-0.05, 0) is 50.5 Å². The van der Waals surface area contributed by atoms with Gasteiger partial charge in [-0.15, -0.1) is 0 Å². The van der Waals surface area contributed by atoms with Crippen molar-refractivity contribution < 1.29 is 4.79 Å². The number of nitrogens with zero attached hydrogens (tertiary/aromatic N) is 2. The van der Waals surface area contributed by atoms with Gasteiger partial charge >= 0.3 is 0 Å². The molecule has 0 aliphatic heterocycles. The number of nitrogens with one attached hydrogen (secondary N) is 2. The normalized spacial score (nSPS) is 10.5. The smallest absolute Gasteiger partial charge is 0.274 e. The second-order valence-electron chi connectivity index (χ2n) is 6.84. The zero-order valence-corrected chi connectivity index (χ0v) is 16.1. The summed E-state index contributed by atoms with van der Waals surface area (Å²) < 4.78 is 0. The molecule has 1 heterocycles. The van der Waals surface area contributed by atoms with Crippen molar-refractivity contribution >= 4 is 17.5 Å². The maximum absolute atomic E-state index is 12.6. The van der Waals surface area contributed by atoms with Gasteiger partial charge in [0.05, 0.1) is 0 Å². The van der Waals surface area contributed by atoms with E-state index in [2.05, 4.69) is 51.8 Å². The predicted molar refractivity (Wildman–Crippen MR) is 109 cm³/mol. The van der Waals surface area contributed by atoms with Crippen LogP contribution in [0.25, 0.3) is 0 Å². The average Bonchev–Trinajstić information content (AvgIpc) is 2.63. The van der Waals surface area contributed by atoms with E-state index in [0.717, 1.165) is 22.4 Å². The van der Waals surface area contributed by atoms with Crippen LogP contribution in [-0.2, 0) is 6.54 Å². The zero-order chi connectivity index (χ0) is 19.4.